The van der Waals surface area contributed by atoms with Gasteiger partial charge in [-0.25, -0.2) is 0 Å². The van der Waals surface area contributed by atoms with Gasteiger partial charge in [0.05, 0.1) is 24.8 Å². The van der Waals surface area contributed by atoms with E-state index in [9.17, 15) is 10.1 Å². The van der Waals surface area contributed by atoms with Crippen molar-refractivity contribution in [3.8, 4) is 6.07 Å². The minimum absolute atomic E-state index is 0.0280. The Kier molecular flexibility index (Phi) is 5.31. The van der Waals surface area contributed by atoms with E-state index in [0.29, 0.717) is 18.8 Å². The Balaban J connectivity index is 1.74. The van der Waals surface area contributed by atoms with Crippen LogP contribution in [-0.4, -0.2) is 43.2 Å². The average molecular weight is 333 g/mol. The molecule has 1 fully saturated rings. The van der Waals surface area contributed by atoms with E-state index in [2.05, 4.69) is 16.3 Å². The predicted molar refractivity (Wildman–Crippen MR) is 90.8 cm³/mol. The molecule has 1 aliphatic heterocycles. The van der Waals surface area contributed by atoms with Crippen molar-refractivity contribution in [2.45, 2.75) is 45.1 Å². The van der Waals surface area contributed by atoms with Crippen LogP contribution in [0.3, 0.4) is 0 Å². The molecule has 0 saturated carbocycles. The zero-order valence-electron chi connectivity index (χ0n) is 13.6. The molecular weight excluding hydrogens is 310 g/mol. The van der Waals surface area contributed by atoms with Crippen molar-refractivity contribution < 1.29 is 9.53 Å². The molecule has 124 valence electrons. The Morgan fingerprint density at radius 1 is 1.30 bits per heavy atom. The quantitative estimate of drug-likeness (QED) is 0.863. The lowest BCUT2D eigenvalue weighted by Gasteiger charge is -2.31. The number of ether oxygens (including phenoxy) is 1. The van der Waals surface area contributed by atoms with E-state index in [0.717, 1.165) is 37.4 Å². The number of hydrogen-bond acceptors (Lipinski definition) is 5. The minimum atomic E-state index is -0.202. The van der Waals surface area contributed by atoms with E-state index in [1.165, 1.54) is 23.3 Å². The van der Waals surface area contributed by atoms with Crippen LogP contribution in [0, 0.1) is 11.3 Å². The molecule has 0 aromatic carbocycles. The normalized spacial score (nSPS) is 20.2. The molecule has 2 aliphatic rings. The van der Waals surface area contributed by atoms with Gasteiger partial charge in [-0.2, -0.15) is 5.26 Å². The smallest absolute Gasteiger partial charge is 0.242 e. The van der Waals surface area contributed by atoms with Gasteiger partial charge >= 0.3 is 0 Å². The van der Waals surface area contributed by atoms with Crippen LogP contribution < -0.4 is 5.32 Å². The van der Waals surface area contributed by atoms with Gasteiger partial charge in [-0.15, -0.1) is 11.3 Å². The lowest BCUT2D eigenvalue weighted by atomic mass is 10.1. The maximum absolute atomic E-state index is 12.6. The van der Waals surface area contributed by atoms with Crippen LogP contribution in [0.2, 0.25) is 0 Å². The fourth-order valence-corrected chi connectivity index (χ4v) is 4.54. The summed E-state index contributed by atoms with van der Waals surface area (Å²) < 4.78 is 5.34. The first kappa shape index (κ1) is 16.4. The molecule has 1 saturated heterocycles. The zero-order valence-corrected chi connectivity index (χ0v) is 14.4. The second-order valence-corrected chi connectivity index (χ2v) is 7.30. The summed E-state index contributed by atoms with van der Waals surface area (Å²) in [5.41, 5.74) is 1.86. The Morgan fingerprint density at radius 2 is 2.04 bits per heavy atom. The lowest BCUT2D eigenvalue weighted by Crippen LogP contribution is -2.47. The zero-order chi connectivity index (χ0) is 16.2. The fraction of sp³-hybridized carbons (Fsp3) is 0.647. The number of thiophene rings is 1. The van der Waals surface area contributed by atoms with Crippen molar-refractivity contribution in [3.63, 3.8) is 0 Å². The van der Waals surface area contributed by atoms with E-state index in [1.807, 2.05) is 6.92 Å². The molecule has 0 bridgehead atoms. The molecular formula is C17H23N3O2S. The highest BCUT2D eigenvalue weighted by molar-refractivity contribution is 7.16. The second kappa shape index (κ2) is 7.43. The molecule has 6 heteroatoms. The van der Waals surface area contributed by atoms with Crippen LogP contribution in [0.25, 0.3) is 0 Å². The van der Waals surface area contributed by atoms with Crippen molar-refractivity contribution >= 4 is 22.2 Å². The molecule has 1 amide bonds. The van der Waals surface area contributed by atoms with E-state index in [-0.39, 0.29) is 11.9 Å². The maximum atomic E-state index is 12.6. The molecule has 5 nitrogen and oxygen atoms in total. The van der Waals surface area contributed by atoms with Crippen LogP contribution in [0.15, 0.2) is 0 Å². The summed E-state index contributed by atoms with van der Waals surface area (Å²) in [6.45, 7) is 4.83. The highest BCUT2D eigenvalue weighted by atomic mass is 32.1. The molecule has 0 unspecified atom stereocenters. The number of nitrogens with zero attached hydrogens (tertiary/aromatic N) is 2. The van der Waals surface area contributed by atoms with Crippen molar-refractivity contribution in [2.75, 3.05) is 31.6 Å². The fourth-order valence-electron chi connectivity index (χ4n) is 3.30. The van der Waals surface area contributed by atoms with Gasteiger partial charge in [-0.1, -0.05) is 6.42 Å². The van der Waals surface area contributed by atoms with Crippen LogP contribution in [0.1, 0.15) is 42.2 Å². The summed E-state index contributed by atoms with van der Waals surface area (Å²) in [7, 11) is 0. The molecule has 3 rings (SSSR count). The van der Waals surface area contributed by atoms with Crippen LogP contribution in [0.4, 0.5) is 5.00 Å². The summed E-state index contributed by atoms with van der Waals surface area (Å²) in [4.78, 5) is 16.0. The third-order valence-electron chi connectivity index (χ3n) is 4.74. The Hall–Kier alpha value is -1.42. The molecule has 0 spiro atoms. The molecule has 23 heavy (non-hydrogen) atoms. The van der Waals surface area contributed by atoms with Crippen molar-refractivity contribution in [1.29, 1.82) is 5.26 Å². The Morgan fingerprint density at radius 3 is 2.78 bits per heavy atom. The lowest BCUT2D eigenvalue weighted by molar-refractivity contribution is -0.122. The SMILES string of the molecule is C[C@H](C(=O)Nc1sc2c(c1C#N)CCCCC2)N1CCOCC1. The van der Waals surface area contributed by atoms with Crippen molar-refractivity contribution in [3.05, 3.63) is 16.0 Å². The number of hydrogen-bond donors (Lipinski definition) is 1. The van der Waals surface area contributed by atoms with E-state index in [4.69, 9.17) is 4.74 Å². The largest absolute Gasteiger partial charge is 0.379 e. The third-order valence-corrected chi connectivity index (χ3v) is 5.95. The summed E-state index contributed by atoms with van der Waals surface area (Å²) in [6.07, 6.45) is 5.53. The number of amides is 1. The number of nitrogens with one attached hydrogen (secondary N) is 1. The van der Waals surface area contributed by atoms with Crippen LogP contribution >= 0.6 is 11.3 Å². The number of aryl methyl sites for hydroxylation is 1. The molecule has 1 aromatic rings. The summed E-state index contributed by atoms with van der Waals surface area (Å²) in [6, 6.07) is 2.12. The van der Waals surface area contributed by atoms with E-state index >= 15 is 0 Å². The minimum Gasteiger partial charge on any atom is -0.379 e. The molecule has 0 radical (unpaired) electrons. The maximum Gasteiger partial charge on any atom is 0.242 e. The number of carbonyl (C=O) groups excluding carboxylic acids is 1. The number of morpholine rings is 1. The van der Waals surface area contributed by atoms with Gasteiger partial charge in [-0.05, 0) is 38.2 Å². The first-order valence-electron chi connectivity index (χ1n) is 8.38. The van der Waals surface area contributed by atoms with Crippen molar-refractivity contribution in [2.24, 2.45) is 0 Å². The van der Waals surface area contributed by atoms with Crippen LogP contribution in [0.5, 0.6) is 0 Å². The van der Waals surface area contributed by atoms with E-state index in [1.54, 1.807) is 11.3 Å². The molecule has 1 aliphatic carbocycles. The van der Waals surface area contributed by atoms with Gasteiger partial charge in [0.25, 0.3) is 0 Å². The van der Waals surface area contributed by atoms with Gasteiger partial charge in [0.1, 0.15) is 11.1 Å². The average Bonchev–Trinajstić information content (AvgIpc) is 2.74. The highest BCUT2D eigenvalue weighted by Gasteiger charge is 2.26. The highest BCUT2D eigenvalue weighted by Crippen LogP contribution is 2.37. The number of anilines is 1. The molecule has 2 heterocycles. The second-order valence-electron chi connectivity index (χ2n) is 6.19. The molecule has 1 aromatic heterocycles. The first-order valence-corrected chi connectivity index (χ1v) is 9.19. The molecule has 1 N–H and O–H groups in total. The Bertz CT molecular complexity index is 614. The monoisotopic (exact) mass is 333 g/mol. The number of carbonyl (C=O) groups is 1. The Labute approximate surface area is 141 Å². The first-order chi connectivity index (χ1) is 11.2. The number of rotatable bonds is 3. The van der Waals surface area contributed by atoms with Gasteiger partial charge in [-0.3, -0.25) is 9.69 Å². The molecule has 1 atom stereocenters. The van der Waals surface area contributed by atoms with E-state index < -0.39 is 0 Å². The summed E-state index contributed by atoms with van der Waals surface area (Å²) >= 11 is 1.59. The van der Waals surface area contributed by atoms with Gasteiger partial charge in [0.2, 0.25) is 5.91 Å². The van der Waals surface area contributed by atoms with Gasteiger partial charge in [0.15, 0.2) is 0 Å². The summed E-state index contributed by atoms with van der Waals surface area (Å²) in [5.74, 6) is -0.0280. The van der Waals surface area contributed by atoms with Crippen LogP contribution in [-0.2, 0) is 22.4 Å². The van der Waals surface area contributed by atoms with Gasteiger partial charge in [0, 0.05) is 18.0 Å². The third kappa shape index (κ3) is 3.57. The van der Waals surface area contributed by atoms with Crippen molar-refractivity contribution in [1.82, 2.24) is 4.90 Å². The standard InChI is InChI=1S/C17H23N3O2S/c1-12(20-7-9-22-10-8-20)16(21)19-17-14(11-18)13-5-3-2-4-6-15(13)23-17/h12H,2-10H2,1H3,(H,19,21)/t12-/m1/s1. The number of fused-ring (bicyclic) bond motifs is 1. The predicted octanol–water partition coefficient (Wildman–Crippen LogP) is 2.55. The topological polar surface area (TPSA) is 65.4 Å². The summed E-state index contributed by atoms with van der Waals surface area (Å²) in [5, 5.41) is 13.3. The number of nitriles is 1. The van der Waals surface area contributed by atoms with Gasteiger partial charge < -0.3 is 10.1 Å².